The van der Waals surface area contributed by atoms with E-state index in [0.717, 1.165) is 6.92 Å². The Kier molecular flexibility index (Phi) is 10.3. The Balaban J connectivity index is 1.51. The van der Waals surface area contributed by atoms with Gasteiger partial charge in [-0.15, -0.1) is 0 Å². The van der Waals surface area contributed by atoms with Crippen LogP contribution < -0.4 is 18.9 Å². The quantitative estimate of drug-likeness (QED) is 0.102. The summed E-state index contributed by atoms with van der Waals surface area (Å²) < 4.78 is 30.8. The zero-order chi connectivity index (χ0) is 29.9. The van der Waals surface area contributed by atoms with E-state index in [0.29, 0.717) is 17.1 Å². The zero-order valence-electron chi connectivity index (χ0n) is 22.5. The molecule has 0 amide bonds. The van der Waals surface area contributed by atoms with E-state index >= 15 is 0 Å². The highest BCUT2D eigenvalue weighted by Crippen LogP contribution is 2.25. The first-order valence-electron chi connectivity index (χ1n) is 12.0. The standard InChI is InChI=1S/C30H26O11/c1-18(2)27(32)38-16-36-23-11-7-22(8-12-23)30(35)41-26-14-13-25(15-19(26)3)40-29(34)21-5-9-24(10-6-21)37-17-39-28(33)20(4)31/h5-15H,1,16-17H2,2-4H3. The fraction of sp³-hybridized carbons (Fsp3) is 0.167. The molecule has 3 aromatic rings. The van der Waals surface area contributed by atoms with Gasteiger partial charge in [-0.2, -0.15) is 0 Å². The lowest BCUT2D eigenvalue weighted by molar-refractivity contribution is -0.157. The fourth-order valence-corrected chi connectivity index (χ4v) is 3.03. The molecular weight excluding hydrogens is 536 g/mol. The molecule has 0 saturated carbocycles. The molecule has 11 heteroatoms. The number of esters is 4. The number of rotatable bonds is 12. The highest BCUT2D eigenvalue weighted by Gasteiger charge is 2.14. The Morgan fingerprint density at radius 3 is 1.56 bits per heavy atom. The predicted molar refractivity (Wildman–Crippen MR) is 143 cm³/mol. The smallest absolute Gasteiger partial charge is 0.377 e. The predicted octanol–water partition coefficient (Wildman–Crippen LogP) is 4.36. The van der Waals surface area contributed by atoms with Gasteiger partial charge in [-0.1, -0.05) is 6.58 Å². The molecule has 0 heterocycles. The Hall–Kier alpha value is -5.45. The van der Waals surface area contributed by atoms with Gasteiger partial charge < -0.3 is 28.4 Å². The number of aryl methyl sites for hydroxylation is 1. The van der Waals surface area contributed by atoms with Crippen molar-refractivity contribution < 1.29 is 52.4 Å². The number of carbonyl (C=O) groups excluding carboxylic acids is 5. The van der Waals surface area contributed by atoms with Gasteiger partial charge in [-0.25, -0.2) is 19.2 Å². The summed E-state index contributed by atoms with van der Waals surface area (Å²) in [6, 6.07) is 16.5. The molecule has 0 saturated heterocycles. The summed E-state index contributed by atoms with van der Waals surface area (Å²) in [6.45, 7) is 7.02. The molecule has 0 unspecified atom stereocenters. The number of ether oxygens (including phenoxy) is 6. The average Bonchev–Trinajstić information content (AvgIpc) is 2.94. The highest BCUT2D eigenvalue weighted by molar-refractivity contribution is 6.32. The van der Waals surface area contributed by atoms with Crippen molar-refractivity contribution in [3.63, 3.8) is 0 Å². The van der Waals surface area contributed by atoms with Crippen LogP contribution in [0.15, 0.2) is 78.9 Å². The lowest BCUT2D eigenvalue weighted by atomic mass is 10.2. The summed E-state index contributed by atoms with van der Waals surface area (Å²) in [6.07, 6.45) is 0. The van der Waals surface area contributed by atoms with Gasteiger partial charge >= 0.3 is 23.9 Å². The van der Waals surface area contributed by atoms with E-state index in [-0.39, 0.29) is 35.0 Å². The highest BCUT2D eigenvalue weighted by atomic mass is 16.7. The van der Waals surface area contributed by atoms with Crippen molar-refractivity contribution in [3.8, 4) is 23.0 Å². The lowest BCUT2D eigenvalue weighted by Crippen LogP contribution is -2.17. The maximum absolute atomic E-state index is 12.6. The first-order valence-corrected chi connectivity index (χ1v) is 12.0. The second-order valence-corrected chi connectivity index (χ2v) is 8.48. The van der Waals surface area contributed by atoms with Crippen LogP contribution in [0.1, 0.15) is 40.1 Å². The Labute approximate surface area is 235 Å². The second kappa shape index (κ2) is 14.1. The van der Waals surface area contributed by atoms with Crippen molar-refractivity contribution in [2.75, 3.05) is 13.6 Å². The van der Waals surface area contributed by atoms with Crippen molar-refractivity contribution in [3.05, 3.63) is 95.6 Å². The molecule has 41 heavy (non-hydrogen) atoms. The Morgan fingerprint density at radius 2 is 1.10 bits per heavy atom. The first kappa shape index (κ1) is 30.1. The summed E-state index contributed by atoms with van der Waals surface area (Å²) in [5.74, 6) is -2.38. The van der Waals surface area contributed by atoms with E-state index in [1.54, 1.807) is 13.0 Å². The van der Waals surface area contributed by atoms with Gasteiger partial charge in [0.15, 0.2) is 0 Å². The summed E-state index contributed by atoms with van der Waals surface area (Å²) in [5.41, 5.74) is 1.29. The van der Waals surface area contributed by atoms with Crippen molar-refractivity contribution in [2.24, 2.45) is 0 Å². The SMILES string of the molecule is C=C(C)C(=O)OCOc1ccc(C(=O)Oc2ccc(OC(=O)c3ccc(OCOC(=O)C(C)=O)cc3)cc2C)cc1. The molecule has 0 N–H and O–H groups in total. The summed E-state index contributed by atoms with van der Waals surface area (Å²) in [5, 5.41) is 0. The van der Waals surface area contributed by atoms with Crippen LogP contribution in [0.5, 0.6) is 23.0 Å². The van der Waals surface area contributed by atoms with Crippen molar-refractivity contribution in [2.45, 2.75) is 20.8 Å². The normalized spacial score (nSPS) is 10.1. The first-order chi connectivity index (χ1) is 19.5. The van der Waals surface area contributed by atoms with Crippen molar-refractivity contribution in [1.29, 1.82) is 0 Å². The van der Waals surface area contributed by atoms with Crippen LogP contribution in [0.25, 0.3) is 0 Å². The van der Waals surface area contributed by atoms with Crippen molar-refractivity contribution in [1.82, 2.24) is 0 Å². The monoisotopic (exact) mass is 562 g/mol. The molecule has 3 rings (SSSR count). The van der Waals surface area contributed by atoms with Crippen LogP contribution in [0, 0.1) is 6.92 Å². The van der Waals surface area contributed by atoms with Gasteiger partial charge in [0.25, 0.3) is 0 Å². The number of hydrogen-bond acceptors (Lipinski definition) is 11. The summed E-state index contributed by atoms with van der Waals surface area (Å²) in [7, 11) is 0. The molecule has 0 aromatic heterocycles. The van der Waals surface area contributed by atoms with Gasteiger partial charge in [0.2, 0.25) is 19.4 Å². The van der Waals surface area contributed by atoms with Crippen LogP contribution >= 0.6 is 0 Å². The van der Waals surface area contributed by atoms with Gasteiger partial charge in [0.05, 0.1) is 11.1 Å². The third-order valence-corrected chi connectivity index (χ3v) is 5.21. The molecule has 0 bridgehead atoms. The Bertz CT molecular complexity index is 1450. The molecule has 212 valence electrons. The molecule has 11 nitrogen and oxygen atoms in total. The van der Waals surface area contributed by atoms with Gasteiger partial charge in [-0.3, -0.25) is 4.79 Å². The van der Waals surface area contributed by atoms with E-state index in [1.165, 1.54) is 67.6 Å². The molecule has 0 aliphatic rings. The van der Waals surface area contributed by atoms with Gasteiger partial charge in [-0.05, 0) is 86.1 Å². The van der Waals surface area contributed by atoms with E-state index in [9.17, 15) is 24.0 Å². The minimum atomic E-state index is -1.01. The van der Waals surface area contributed by atoms with Crippen LogP contribution in [-0.4, -0.2) is 43.2 Å². The molecule has 0 atom stereocenters. The van der Waals surface area contributed by atoms with Gasteiger partial charge in [0, 0.05) is 12.5 Å². The maximum atomic E-state index is 12.6. The third-order valence-electron chi connectivity index (χ3n) is 5.21. The van der Waals surface area contributed by atoms with Crippen molar-refractivity contribution >= 4 is 29.7 Å². The van der Waals surface area contributed by atoms with Crippen LogP contribution in [0.3, 0.4) is 0 Å². The maximum Gasteiger partial charge on any atom is 0.377 e. The number of benzene rings is 3. The summed E-state index contributed by atoms with van der Waals surface area (Å²) in [4.78, 5) is 58.5. The average molecular weight is 563 g/mol. The molecule has 0 radical (unpaired) electrons. The number of hydrogen-bond donors (Lipinski definition) is 0. The van der Waals surface area contributed by atoms with E-state index in [4.69, 9.17) is 23.7 Å². The third kappa shape index (κ3) is 9.06. The number of Topliss-reactive ketones (excluding diaryl/α,β-unsaturated/α-hetero) is 1. The lowest BCUT2D eigenvalue weighted by Gasteiger charge is -2.11. The van der Waals surface area contributed by atoms with E-state index in [1.807, 2.05) is 0 Å². The molecule has 0 aliphatic heterocycles. The second-order valence-electron chi connectivity index (χ2n) is 8.48. The largest absolute Gasteiger partial charge is 0.457 e. The van der Waals surface area contributed by atoms with Crippen LogP contribution in [0.4, 0.5) is 0 Å². The number of ketones is 1. The molecule has 0 fully saturated rings. The van der Waals surface area contributed by atoms with E-state index < -0.39 is 36.5 Å². The fourth-order valence-electron chi connectivity index (χ4n) is 3.03. The topological polar surface area (TPSA) is 141 Å². The van der Waals surface area contributed by atoms with Crippen LogP contribution in [0.2, 0.25) is 0 Å². The molecule has 3 aromatic carbocycles. The minimum absolute atomic E-state index is 0.229. The van der Waals surface area contributed by atoms with E-state index in [2.05, 4.69) is 11.3 Å². The number of carbonyl (C=O) groups is 5. The van der Waals surface area contributed by atoms with Gasteiger partial charge in [0.1, 0.15) is 23.0 Å². The minimum Gasteiger partial charge on any atom is -0.457 e. The summed E-state index contributed by atoms with van der Waals surface area (Å²) >= 11 is 0. The molecule has 0 spiro atoms. The molecule has 0 aliphatic carbocycles. The Morgan fingerprint density at radius 1 is 0.634 bits per heavy atom. The zero-order valence-corrected chi connectivity index (χ0v) is 22.5. The molecular formula is C30H26O11. The van der Waals surface area contributed by atoms with Crippen LogP contribution in [-0.2, 0) is 23.9 Å².